The molecule has 0 aliphatic rings. The Hall–Kier alpha value is -1.06. The zero-order valence-corrected chi connectivity index (χ0v) is 11.1. The van der Waals surface area contributed by atoms with Crippen LogP contribution in [-0.2, 0) is 9.53 Å². The molecule has 0 aliphatic carbocycles. The Morgan fingerprint density at radius 3 is 2.53 bits per heavy atom. The maximum atomic E-state index is 11.8. The lowest BCUT2D eigenvalue weighted by Crippen LogP contribution is -2.40. The minimum atomic E-state index is -0.663. The number of nitrogens with one attached hydrogen (secondary N) is 1. The molecule has 17 heavy (non-hydrogen) atoms. The lowest BCUT2D eigenvalue weighted by Gasteiger charge is -2.23. The highest BCUT2D eigenvalue weighted by Crippen LogP contribution is 2.20. The third-order valence-corrected chi connectivity index (χ3v) is 3.01. The number of methoxy groups -OCH3 is 1. The first-order chi connectivity index (χ1) is 7.96. The quantitative estimate of drug-likeness (QED) is 0.821. The minimum absolute atomic E-state index is 0.206. The van der Waals surface area contributed by atoms with Crippen molar-refractivity contribution in [3.8, 4) is 0 Å². The number of hydrogen-bond donors (Lipinski definition) is 1. The van der Waals surface area contributed by atoms with Crippen molar-refractivity contribution in [2.75, 3.05) is 13.7 Å². The van der Waals surface area contributed by atoms with Crippen molar-refractivity contribution in [2.45, 2.75) is 24.8 Å². The molecular weight excluding hydrogens is 238 g/mol. The highest BCUT2D eigenvalue weighted by atomic mass is 35.5. The van der Waals surface area contributed by atoms with Gasteiger partial charge in [0.15, 0.2) is 0 Å². The molecule has 0 bridgehead atoms. The predicted octanol–water partition coefficient (Wildman–Crippen LogP) is 2.51. The molecule has 0 spiro atoms. The van der Waals surface area contributed by atoms with Crippen molar-refractivity contribution in [1.82, 2.24) is 5.32 Å². The van der Waals surface area contributed by atoms with Crippen LogP contribution in [0.15, 0.2) is 30.3 Å². The first-order valence-corrected chi connectivity index (χ1v) is 5.92. The number of carbonyl (C=O) groups excluding carboxylic acids is 1. The van der Waals surface area contributed by atoms with Crippen LogP contribution in [0.3, 0.4) is 0 Å². The summed E-state index contributed by atoms with van der Waals surface area (Å²) in [5.74, 6) is -0.206. The number of hydrogen-bond acceptors (Lipinski definition) is 2. The van der Waals surface area contributed by atoms with Crippen LogP contribution in [0, 0.1) is 0 Å². The van der Waals surface area contributed by atoms with E-state index in [1.165, 1.54) is 0 Å². The van der Waals surface area contributed by atoms with E-state index in [1.54, 1.807) is 7.11 Å². The van der Waals surface area contributed by atoms with E-state index in [2.05, 4.69) is 5.32 Å². The lowest BCUT2D eigenvalue weighted by molar-refractivity contribution is -0.122. The molecule has 0 radical (unpaired) electrons. The number of rotatable bonds is 5. The van der Waals surface area contributed by atoms with Crippen molar-refractivity contribution in [3.63, 3.8) is 0 Å². The molecule has 0 heterocycles. The first kappa shape index (κ1) is 14.0. The van der Waals surface area contributed by atoms with Crippen LogP contribution in [0.1, 0.15) is 24.8 Å². The molecule has 1 atom stereocenters. The van der Waals surface area contributed by atoms with Crippen LogP contribution < -0.4 is 5.32 Å². The number of alkyl halides is 1. The van der Waals surface area contributed by atoms with E-state index in [-0.39, 0.29) is 11.5 Å². The van der Waals surface area contributed by atoms with Gasteiger partial charge in [0.05, 0.1) is 5.60 Å². The highest BCUT2D eigenvalue weighted by Gasteiger charge is 2.21. The fourth-order valence-corrected chi connectivity index (χ4v) is 1.46. The van der Waals surface area contributed by atoms with E-state index in [4.69, 9.17) is 16.3 Å². The van der Waals surface area contributed by atoms with Crippen molar-refractivity contribution in [3.05, 3.63) is 35.9 Å². The summed E-state index contributed by atoms with van der Waals surface area (Å²) in [5.41, 5.74) is 0.407. The minimum Gasteiger partial charge on any atom is -0.377 e. The molecule has 1 N–H and O–H groups in total. The fourth-order valence-electron chi connectivity index (χ4n) is 1.24. The van der Waals surface area contributed by atoms with Gasteiger partial charge < -0.3 is 10.1 Å². The molecule has 1 aromatic carbocycles. The van der Waals surface area contributed by atoms with Crippen LogP contribution in [-0.4, -0.2) is 25.2 Å². The highest BCUT2D eigenvalue weighted by molar-refractivity contribution is 6.30. The molecule has 1 aromatic rings. The molecule has 0 aliphatic heterocycles. The van der Waals surface area contributed by atoms with E-state index in [0.29, 0.717) is 6.54 Å². The van der Waals surface area contributed by atoms with Crippen LogP contribution in [0.4, 0.5) is 0 Å². The molecular formula is C13H18ClNO2. The maximum Gasteiger partial charge on any atom is 0.242 e. The fraction of sp³-hybridized carbons (Fsp3) is 0.462. The maximum absolute atomic E-state index is 11.8. The van der Waals surface area contributed by atoms with Crippen LogP contribution in [0.5, 0.6) is 0 Å². The Balaban J connectivity index is 2.54. The van der Waals surface area contributed by atoms with Gasteiger partial charge in [0.2, 0.25) is 5.91 Å². The Morgan fingerprint density at radius 1 is 1.41 bits per heavy atom. The van der Waals surface area contributed by atoms with Gasteiger partial charge in [0.1, 0.15) is 5.38 Å². The second kappa shape index (κ2) is 6.03. The standard InChI is InChI=1S/C13H18ClNO2/c1-13(2,17-3)9-15-12(16)11(14)10-7-5-4-6-8-10/h4-8,11H,9H2,1-3H3,(H,15,16). The molecule has 4 heteroatoms. The number of amides is 1. The number of benzene rings is 1. The summed E-state index contributed by atoms with van der Waals surface area (Å²) in [6.07, 6.45) is 0. The molecule has 0 fully saturated rings. The molecule has 0 saturated carbocycles. The van der Waals surface area contributed by atoms with Gasteiger partial charge in [-0.2, -0.15) is 0 Å². The van der Waals surface area contributed by atoms with Gasteiger partial charge in [-0.3, -0.25) is 4.79 Å². The Bertz CT molecular complexity index is 365. The van der Waals surface area contributed by atoms with Crippen LogP contribution in [0.2, 0.25) is 0 Å². The largest absolute Gasteiger partial charge is 0.377 e. The second-order valence-electron chi connectivity index (χ2n) is 4.45. The summed E-state index contributed by atoms with van der Waals surface area (Å²) < 4.78 is 5.22. The van der Waals surface area contributed by atoms with Crippen molar-refractivity contribution >= 4 is 17.5 Å². The average Bonchev–Trinajstić information content (AvgIpc) is 2.36. The predicted molar refractivity (Wildman–Crippen MR) is 69.1 cm³/mol. The van der Waals surface area contributed by atoms with E-state index in [1.807, 2.05) is 44.2 Å². The monoisotopic (exact) mass is 255 g/mol. The summed E-state index contributed by atoms with van der Waals surface area (Å²) in [7, 11) is 1.61. The van der Waals surface area contributed by atoms with Crippen molar-refractivity contribution in [2.24, 2.45) is 0 Å². The zero-order chi connectivity index (χ0) is 12.9. The lowest BCUT2D eigenvalue weighted by atomic mass is 10.1. The third-order valence-electron chi connectivity index (χ3n) is 2.56. The molecule has 1 rings (SSSR count). The van der Waals surface area contributed by atoms with Crippen LogP contribution >= 0.6 is 11.6 Å². The average molecular weight is 256 g/mol. The van der Waals surface area contributed by atoms with Gasteiger partial charge >= 0.3 is 0 Å². The van der Waals surface area contributed by atoms with E-state index in [9.17, 15) is 4.79 Å². The number of ether oxygens (including phenoxy) is 1. The molecule has 0 aromatic heterocycles. The van der Waals surface area contributed by atoms with Gasteiger partial charge in [-0.05, 0) is 19.4 Å². The van der Waals surface area contributed by atoms with Gasteiger partial charge in [-0.15, -0.1) is 11.6 Å². The summed E-state index contributed by atoms with van der Waals surface area (Å²) in [5, 5.41) is 2.11. The molecule has 94 valence electrons. The topological polar surface area (TPSA) is 38.3 Å². The third kappa shape index (κ3) is 4.36. The van der Waals surface area contributed by atoms with Crippen molar-refractivity contribution < 1.29 is 9.53 Å². The van der Waals surface area contributed by atoms with Crippen molar-refractivity contribution in [1.29, 1.82) is 0 Å². The zero-order valence-electron chi connectivity index (χ0n) is 10.4. The molecule has 1 unspecified atom stereocenters. The molecule has 0 saturated heterocycles. The Kier molecular flexibility index (Phi) is 4.97. The van der Waals surface area contributed by atoms with Crippen LogP contribution in [0.25, 0.3) is 0 Å². The van der Waals surface area contributed by atoms with Gasteiger partial charge in [-0.25, -0.2) is 0 Å². The second-order valence-corrected chi connectivity index (χ2v) is 4.89. The Morgan fingerprint density at radius 2 is 2.00 bits per heavy atom. The van der Waals surface area contributed by atoms with E-state index in [0.717, 1.165) is 5.56 Å². The normalized spacial score (nSPS) is 13.2. The first-order valence-electron chi connectivity index (χ1n) is 5.48. The summed E-state index contributed by atoms with van der Waals surface area (Å²) in [6.45, 7) is 4.23. The Labute approximate surface area is 107 Å². The van der Waals surface area contributed by atoms with Gasteiger partial charge in [0.25, 0.3) is 0 Å². The van der Waals surface area contributed by atoms with E-state index < -0.39 is 5.38 Å². The smallest absolute Gasteiger partial charge is 0.242 e. The van der Waals surface area contributed by atoms with Gasteiger partial charge in [-0.1, -0.05) is 30.3 Å². The number of halogens is 1. The summed E-state index contributed by atoms with van der Waals surface area (Å²) in [6, 6.07) is 9.27. The van der Waals surface area contributed by atoms with E-state index >= 15 is 0 Å². The SMILES string of the molecule is COC(C)(C)CNC(=O)C(Cl)c1ccccc1. The molecule has 3 nitrogen and oxygen atoms in total. The number of carbonyl (C=O) groups is 1. The van der Waals surface area contributed by atoms with Gasteiger partial charge in [0, 0.05) is 13.7 Å². The molecule has 1 amide bonds. The summed E-state index contributed by atoms with van der Waals surface area (Å²) >= 11 is 6.08. The summed E-state index contributed by atoms with van der Waals surface area (Å²) in [4.78, 5) is 11.8.